The fourth-order valence-corrected chi connectivity index (χ4v) is 2.42. The van der Waals surface area contributed by atoms with Gasteiger partial charge in [0.05, 0.1) is 12.8 Å². The molecule has 3 heterocycles. The minimum absolute atomic E-state index is 0.416. The van der Waals surface area contributed by atoms with Gasteiger partial charge in [0.25, 0.3) is 0 Å². The van der Waals surface area contributed by atoms with Crippen molar-refractivity contribution in [2.24, 2.45) is 0 Å². The maximum Gasteiger partial charge on any atom is 0.237 e. The van der Waals surface area contributed by atoms with Crippen LogP contribution in [-0.4, -0.2) is 26.7 Å². The first kappa shape index (κ1) is 11.8. The molecule has 0 aliphatic heterocycles. The molecule has 0 bridgehead atoms. The molecule has 0 saturated carbocycles. The third-order valence-corrected chi connectivity index (χ3v) is 3.43. The summed E-state index contributed by atoms with van der Waals surface area (Å²) >= 11 is 1.40. The molecule has 3 rings (SSSR count). The highest BCUT2D eigenvalue weighted by Gasteiger charge is 2.09. The minimum atomic E-state index is 0.416. The van der Waals surface area contributed by atoms with E-state index < -0.39 is 0 Å². The Morgan fingerprint density at radius 1 is 1.21 bits per heavy atom. The number of nitrogens with zero attached hydrogens (tertiary/aromatic N) is 4. The fourth-order valence-electron chi connectivity index (χ4n) is 1.64. The van der Waals surface area contributed by atoms with Crippen LogP contribution >= 0.6 is 11.8 Å². The molecule has 0 saturated heterocycles. The average molecular weight is 273 g/mol. The topological polar surface area (TPSA) is 78.3 Å². The van der Waals surface area contributed by atoms with Gasteiger partial charge in [-0.15, -0.1) is 10.2 Å². The molecular weight excluding hydrogens is 262 g/mol. The number of hydrogen-bond donors (Lipinski definition) is 1. The number of fused-ring (bicyclic) bond motifs is 1. The van der Waals surface area contributed by atoms with E-state index in [0.717, 1.165) is 15.8 Å². The van der Waals surface area contributed by atoms with Crippen molar-refractivity contribution in [1.82, 2.24) is 19.6 Å². The molecule has 0 spiro atoms. The molecule has 3 aromatic rings. The normalized spacial score (nSPS) is 10.8. The van der Waals surface area contributed by atoms with Crippen molar-refractivity contribution in [2.45, 2.75) is 10.2 Å². The Balaban J connectivity index is 1.97. The standard InChI is InChI=1S/C12H11N5OS/c1-18-11-8(13)5-6-10(14-11)19-12-16-15-9-4-2-3-7-17(9)12/h2-7H,13H2,1H3. The molecule has 7 heteroatoms. The minimum Gasteiger partial charge on any atom is -0.480 e. The van der Waals surface area contributed by atoms with E-state index in [9.17, 15) is 0 Å². The van der Waals surface area contributed by atoms with Crippen LogP contribution in [0.25, 0.3) is 5.65 Å². The van der Waals surface area contributed by atoms with E-state index in [2.05, 4.69) is 15.2 Å². The first-order valence-electron chi connectivity index (χ1n) is 5.56. The Bertz CT molecular complexity index is 727. The lowest BCUT2D eigenvalue weighted by atomic mass is 10.4. The monoisotopic (exact) mass is 273 g/mol. The molecule has 0 atom stereocenters. The zero-order chi connectivity index (χ0) is 13.2. The van der Waals surface area contributed by atoms with E-state index in [1.54, 1.807) is 13.2 Å². The van der Waals surface area contributed by atoms with Gasteiger partial charge in [-0.2, -0.15) is 0 Å². The number of hydrogen-bond acceptors (Lipinski definition) is 6. The molecule has 0 amide bonds. The van der Waals surface area contributed by atoms with Crippen LogP contribution in [0.2, 0.25) is 0 Å². The predicted octanol–water partition coefficient (Wildman–Crippen LogP) is 1.87. The third kappa shape index (κ3) is 2.19. The van der Waals surface area contributed by atoms with Crippen LogP contribution in [0.4, 0.5) is 5.69 Å². The number of methoxy groups -OCH3 is 1. The number of anilines is 1. The summed E-state index contributed by atoms with van der Waals surface area (Å²) in [5.74, 6) is 0.416. The van der Waals surface area contributed by atoms with Gasteiger partial charge >= 0.3 is 0 Å². The van der Waals surface area contributed by atoms with Crippen LogP contribution in [0.3, 0.4) is 0 Å². The fraction of sp³-hybridized carbons (Fsp3) is 0.0833. The van der Waals surface area contributed by atoms with Gasteiger partial charge in [-0.3, -0.25) is 4.40 Å². The summed E-state index contributed by atoms with van der Waals surface area (Å²) in [6.07, 6.45) is 1.91. The molecule has 0 fully saturated rings. The van der Waals surface area contributed by atoms with Crippen LogP contribution in [0.15, 0.2) is 46.7 Å². The van der Waals surface area contributed by atoms with Gasteiger partial charge in [-0.1, -0.05) is 6.07 Å². The Labute approximate surface area is 113 Å². The van der Waals surface area contributed by atoms with Gasteiger partial charge in [0.1, 0.15) is 5.03 Å². The van der Waals surface area contributed by atoms with E-state index in [-0.39, 0.29) is 0 Å². The zero-order valence-electron chi connectivity index (χ0n) is 10.1. The van der Waals surface area contributed by atoms with Crippen LogP contribution < -0.4 is 10.5 Å². The van der Waals surface area contributed by atoms with Crippen LogP contribution in [0.1, 0.15) is 0 Å². The lowest BCUT2D eigenvalue weighted by Crippen LogP contribution is -1.96. The molecule has 0 aliphatic rings. The highest BCUT2D eigenvalue weighted by molar-refractivity contribution is 7.99. The first-order chi connectivity index (χ1) is 9.28. The summed E-state index contributed by atoms with van der Waals surface area (Å²) in [4.78, 5) is 4.31. The number of pyridine rings is 2. The molecule has 6 nitrogen and oxygen atoms in total. The number of aromatic nitrogens is 4. The van der Waals surface area contributed by atoms with Gasteiger partial charge in [0, 0.05) is 6.20 Å². The van der Waals surface area contributed by atoms with E-state index >= 15 is 0 Å². The van der Waals surface area contributed by atoms with Crippen molar-refractivity contribution in [3.05, 3.63) is 36.5 Å². The molecule has 3 aromatic heterocycles. The molecule has 0 aliphatic carbocycles. The summed E-state index contributed by atoms with van der Waals surface area (Å²) in [5.41, 5.74) is 7.04. The highest BCUT2D eigenvalue weighted by atomic mass is 32.2. The molecule has 2 N–H and O–H groups in total. The van der Waals surface area contributed by atoms with E-state index in [4.69, 9.17) is 10.5 Å². The van der Waals surface area contributed by atoms with Crippen LogP contribution in [0.5, 0.6) is 5.88 Å². The van der Waals surface area contributed by atoms with Gasteiger partial charge in [-0.05, 0) is 36.0 Å². The number of ether oxygens (including phenoxy) is 1. The van der Waals surface area contributed by atoms with Crippen molar-refractivity contribution < 1.29 is 4.74 Å². The maximum absolute atomic E-state index is 5.73. The van der Waals surface area contributed by atoms with Crippen molar-refractivity contribution in [3.8, 4) is 5.88 Å². The van der Waals surface area contributed by atoms with Gasteiger partial charge in [-0.25, -0.2) is 4.98 Å². The smallest absolute Gasteiger partial charge is 0.237 e. The van der Waals surface area contributed by atoms with Gasteiger partial charge in [0.2, 0.25) is 11.0 Å². The second-order valence-electron chi connectivity index (χ2n) is 3.76. The second kappa shape index (κ2) is 4.77. The molecular formula is C12H11N5OS. The lowest BCUT2D eigenvalue weighted by Gasteiger charge is -2.05. The number of nitrogens with two attached hydrogens (primary N) is 1. The zero-order valence-corrected chi connectivity index (χ0v) is 11.0. The Hall–Kier alpha value is -2.28. The summed E-state index contributed by atoms with van der Waals surface area (Å²) in [6, 6.07) is 9.33. The Morgan fingerprint density at radius 2 is 2.11 bits per heavy atom. The van der Waals surface area contributed by atoms with E-state index in [1.165, 1.54) is 11.8 Å². The summed E-state index contributed by atoms with van der Waals surface area (Å²) < 4.78 is 7.00. The van der Waals surface area contributed by atoms with Crippen LogP contribution in [-0.2, 0) is 0 Å². The van der Waals surface area contributed by atoms with Crippen molar-refractivity contribution in [2.75, 3.05) is 12.8 Å². The SMILES string of the molecule is COc1nc(Sc2nnc3ccccn23)ccc1N. The van der Waals surface area contributed by atoms with E-state index in [1.807, 2.05) is 34.9 Å². The van der Waals surface area contributed by atoms with Crippen molar-refractivity contribution in [3.63, 3.8) is 0 Å². The molecule has 0 unspecified atom stereocenters. The number of nitrogen functional groups attached to an aromatic ring is 1. The van der Waals surface area contributed by atoms with Gasteiger partial charge < -0.3 is 10.5 Å². The molecule has 0 radical (unpaired) electrons. The summed E-state index contributed by atoms with van der Waals surface area (Å²) in [5, 5.41) is 9.71. The number of rotatable bonds is 3. The second-order valence-corrected chi connectivity index (χ2v) is 4.75. The van der Waals surface area contributed by atoms with Crippen molar-refractivity contribution in [1.29, 1.82) is 0 Å². The molecule has 96 valence electrons. The summed E-state index contributed by atoms with van der Waals surface area (Å²) in [6.45, 7) is 0. The van der Waals surface area contributed by atoms with Crippen LogP contribution in [0, 0.1) is 0 Å². The third-order valence-electron chi connectivity index (χ3n) is 2.54. The Kier molecular flexibility index (Phi) is 2.96. The molecule has 0 aromatic carbocycles. The average Bonchev–Trinajstić information content (AvgIpc) is 2.84. The maximum atomic E-state index is 5.73. The summed E-state index contributed by atoms with van der Waals surface area (Å²) in [7, 11) is 1.54. The lowest BCUT2D eigenvalue weighted by molar-refractivity contribution is 0.397. The quantitative estimate of drug-likeness (QED) is 0.784. The molecule has 19 heavy (non-hydrogen) atoms. The van der Waals surface area contributed by atoms with Crippen molar-refractivity contribution >= 4 is 23.1 Å². The largest absolute Gasteiger partial charge is 0.480 e. The Morgan fingerprint density at radius 3 is 2.95 bits per heavy atom. The highest BCUT2D eigenvalue weighted by Crippen LogP contribution is 2.28. The van der Waals surface area contributed by atoms with E-state index in [0.29, 0.717) is 11.6 Å². The first-order valence-corrected chi connectivity index (χ1v) is 6.37. The predicted molar refractivity (Wildman–Crippen MR) is 72.3 cm³/mol. The van der Waals surface area contributed by atoms with Gasteiger partial charge in [0.15, 0.2) is 5.65 Å².